The van der Waals surface area contributed by atoms with Crippen molar-refractivity contribution in [2.24, 2.45) is 0 Å². The lowest BCUT2D eigenvalue weighted by Crippen LogP contribution is -2.49. The lowest BCUT2D eigenvalue weighted by Gasteiger charge is -2.36. The van der Waals surface area contributed by atoms with Gasteiger partial charge in [-0.15, -0.1) is 0 Å². The van der Waals surface area contributed by atoms with Crippen LogP contribution in [0.1, 0.15) is 21.6 Å². The van der Waals surface area contributed by atoms with Crippen LogP contribution in [0.4, 0.5) is 18.9 Å². The van der Waals surface area contributed by atoms with Crippen molar-refractivity contribution in [1.29, 1.82) is 0 Å². The smallest absolute Gasteiger partial charge is 0.416 e. The van der Waals surface area contributed by atoms with Crippen molar-refractivity contribution >= 4 is 11.6 Å². The van der Waals surface area contributed by atoms with Gasteiger partial charge in [0.05, 0.1) is 36.7 Å². The summed E-state index contributed by atoms with van der Waals surface area (Å²) >= 11 is 0. The number of piperazine rings is 1. The molecule has 1 fully saturated rings. The second kappa shape index (κ2) is 11.0. The average Bonchev–Trinajstić information content (AvgIpc) is 3.33. The Kier molecular flexibility index (Phi) is 7.47. The van der Waals surface area contributed by atoms with Gasteiger partial charge in [0.25, 0.3) is 5.91 Å². The van der Waals surface area contributed by atoms with Crippen LogP contribution in [0.15, 0.2) is 78.9 Å². The molecule has 0 radical (unpaired) electrons. The summed E-state index contributed by atoms with van der Waals surface area (Å²) in [5.41, 5.74) is 3.63. The van der Waals surface area contributed by atoms with E-state index >= 15 is 0 Å². The van der Waals surface area contributed by atoms with Gasteiger partial charge in [0, 0.05) is 43.6 Å². The van der Waals surface area contributed by atoms with Crippen LogP contribution in [0.3, 0.4) is 0 Å². The topological polar surface area (TPSA) is 46.9 Å². The number of anilines is 1. The number of halogens is 3. The van der Waals surface area contributed by atoms with Gasteiger partial charge in [0.2, 0.25) is 0 Å². The summed E-state index contributed by atoms with van der Waals surface area (Å²) in [5.74, 6) is 1.16. The number of amides is 1. The van der Waals surface area contributed by atoms with Crippen LogP contribution >= 0.6 is 0 Å². The van der Waals surface area contributed by atoms with Crippen LogP contribution in [0.2, 0.25) is 0 Å². The van der Waals surface area contributed by atoms with Crippen LogP contribution in [0, 0.1) is 6.92 Å². The van der Waals surface area contributed by atoms with Crippen molar-refractivity contribution in [3.05, 3.63) is 95.7 Å². The summed E-state index contributed by atoms with van der Waals surface area (Å²) in [6, 6.07) is 22.5. The molecule has 9 heteroatoms. The van der Waals surface area contributed by atoms with E-state index in [0.29, 0.717) is 48.9 Å². The molecule has 2 heterocycles. The molecule has 0 N–H and O–H groups in total. The maximum absolute atomic E-state index is 13.8. The standard InChI is InChI=1S/C31H30F3N3O3/c1-21-26(30(38)36-16-14-35(15-17-36)24-11-7-10-23(18-24)31(32,33)34)20-27(22-8-5-4-6-9-22)37(21)28-19-25(39-2)12-13-29(28)40-3/h4-13,18-20H,14-17H2,1-3H3. The van der Waals surface area contributed by atoms with Gasteiger partial charge in [0.15, 0.2) is 0 Å². The Morgan fingerprint density at radius 2 is 1.55 bits per heavy atom. The second-order valence-corrected chi connectivity index (χ2v) is 9.60. The zero-order chi connectivity index (χ0) is 28.4. The van der Waals surface area contributed by atoms with Crippen molar-refractivity contribution in [1.82, 2.24) is 9.47 Å². The van der Waals surface area contributed by atoms with E-state index in [4.69, 9.17) is 9.47 Å². The highest BCUT2D eigenvalue weighted by Gasteiger charge is 2.32. The Balaban J connectivity index is 1.46. The van der Waals surface area contributed by atoms with E-state index in [1.165, 1.54) is 6.07 Å². The van der Waals surface area contributed by atoms with Gasteiger partial charge < -0.3 is 23.8 Å². The van der Waals surface area contributed by atoms with E-state index in [1.807, 2.05) is 71.0 Å². The summed E-state index contributed by atoms with van der Waals surface area (Å²) in [6.07, 6.45) is -4.40. The fourth-order valence-electron chi connectivity index (χ4n) is 5.14. The maximum atomic E-state index is 13.8. The molecule has 0 saturated carbocycles. The molecule has 1 aromatic heterocycles. The summed E-state index contributed by atoms with van der Waals surface area (Å²) in [6.45, 7) is 3.55. The predicted octanol–water partition coefficient (Wildman–Crippen LogP) is 6.45. The largest absolute Gasteiger partial charge is 0.497 e. The molecule has 0 spiro atoms. The molecule has 5 rings (SSSR count). The predicted molar refractivity (Wildman–Crippen MR) is 149 cm³/mol. The minimum Gasteiger partial charge on any atom is -0.497 e. The normalized spacial score (nSPS) is 13.8. The highest BCUT2D eigenvalue weighted by Crippen LogP contribution is 2.36. The van der Waals surface area contributed by atoms with E-state index in [1.54, 1.807) is 25.2 Å². The number of rotatable bonds is 6. The van der Waals surface area contributed by atoms with Crippen LogP contribution in [-0.2, 0) is 6.18 Å². The fraction of sp³-hybridized carbons (Fsp3) is 0.258. The minimum absolute atomic E-state index is 0.126. The first-order chi connectivity index (χ1) is 19.2. The lowest BCUT2D eigenvalue weighted by atomic mass is 10.1. The number of benzene rings is 3. The quantitative estimate of drug-likeness (QED) is 0.277. The number of carbonyl (C=O) groups is 1. The average molecular weight is 550 g/mol. The van der Waals surface area contributed by atoms with Crippen LogP contribution in [0.5, 0.6) is 11.5 Å². The van der Waals surface area contributed by atoms with E-state index in [-0.39, 0.29) is 5.91 Å². The number of carbonyl (C=O) groups excluding carboxylic acids is 1. The van der Waals surface area contributed by atoms with E-state index < -0.39 is 11.7 Å². The van der Waals surface area contributed by atoms with E-state index in [2.05, 4.69) is 0 Å². The molecule has 1 saturated heterocycles. The molecule has 0 unspecified atom stereocenters. The van der Waals surface area contributed by atoms with Gasteiger partial charge in [-0.1, -0.05) is 36.4 Å². The van der Waals surface area contributed by atoms with Crippen LogP contribution < -0.4 is 14.4 Å². The Morgan fingerprint density at radius 3 is 2.20 bits per heavy atom. The highest BCUT2D eigenvalue weighted by atomic mass is 19.4. The molecule has 1 aliphatic rings. The van der Waals surface area contributed by atoms with Crippen LogP contribution in [0.25, 0.3) is 16.9 Å². The van der Waals surface area contributed by atoms with E-state index in [0.717, 1.165) is 34.8 Å². The molecule has 3 aromatic carbocycles. The first-order valence-electron chi connectivity index (χ1n) is 12.9. The van der Waals surface area contributed by atoms with Gasteiger partial charge in [-0.3, -0.25) is 4.79 Å². The zero-order valence-electron chi connectivity index (χ0n) is 22.5. The number of methoxy groups -OCH3 is 2. The first kappa shape index (κ1) is 27.2. The van der Waals surface area contributed by atoms with Crippen LogP contribution in [-0.4, -0.2) is 55.8 Å². The Labute approximate surface area is 231 Å². The summed E-state index contributed by atoms with van der Waals surface area (Å²) in [7, 11) is 3.20. The van der Waals surface area contributed by atoms with Crippen molar-refractivity contribution in [2.45, 2.75) is 13.1 Å². The summed E-state index contributed by atoms with van der Waals surface area (Å²) in [5, 5.41) is 0. The summed E-state index contributed by atoms with van der Waals surface area (Å²) < 4.78 is 52.8. The van der Waals surface area contributed by atoms with Gasteiger partial charge in [-0.25, -0.2) is 0 Å². The molecule has 0 atom stereocenters. The molecular formula is C31H30F3N3O3. The third-order valence-electron chi connectivity index (χ3n) is 7.28. The first-order valence-corrected chi connectivity index (χ1v) is 12.9. The molecule has 6 nitrogen and oxygen atoms in total. The number of hydrogen-bond acceptors (Lipinski definition) is 4. The SMILES string of the molecule is COc1ccc(OC)c(-n2c(-c3ccccc3)cc(C(=O)N3CCN(c4cccc(C(F)(F)F)c4)CC3)c2C)c1. The minimum atomic E-state index is -4.40. The highest BCUT2D eigenvalue weighted by molar-refractivity contribution is 5.97. The Morgan fingerprint density at radius 1 is 0.825 bits per heavy atom. The number of aromatic nitrogens is 1. The molecule has 0 aliphatic carbocycles. The molecule has 1 aliphatic heterocycles. The number of nitrogens with zero attached hydrogens (tertiary/aromatic N) is 3. The molecular weight excluding hydrogens is 519 g/mol. The van der Waals surface area contributed by atoms with Crippen molar-refractivity contribution in [3.8, 4) is 28.4 Å². The zero-order valence-corrected chi connectivity index (χ0v) is 22.5. The van der Waals surface area contributed by atoms with Crippen molar-refractivity contribution in [3.63, 3.8) is 0 Å². The molecule has 1 amide bonds. The van der Waals surface area contributed by atoms with Gasteiger partial charge in [0.1, 0.15) is 11.5 Å². The maximum Gasteiger partial charge on any atom is 0.416 e. The second-order valence-electron chi connectivity index (χ2n) is 9.60. The molecule has 0 bridgehead atoms. The molecule has 40 heavy (non-hydrogen) atoms. The van der Waals surface area contributed by atoms with Gasteiger partial charge in [-0.2, -0.15) is 13.2 Å². The third kappa shape index (κ3) is 5.23. The van der Waals surface area contributed by atoms with E-state index in [9.17, 15) is 18.0 Å². The molecule has 208 valence electrons. The van der Waals surface area contributed by atoms with Gasteiger partial charge >= 0.3 is 6.18 Å². The lowest BCUT2D eigenvalue weighted by molar-refractivity contribution is -0.137. The third-order valence-corrected chi connectivity index (χ3v) is 7.28. The van der Waals surface area contributed by atoms with Crippen molar-refractivity contribution < 1.29 is 27.4 Å². The Hall–Kier alpha value is -4.40. The number of hydrogen-bond donors (Lipinski definition) is 0. The monoisotopic (exact) mass is 549 g/mol. The molecule has 4 aromatic rings. The van der Waals surface area contributed by atoms with Crippen molar-refractivity contribution in [2.75, 3.05) is 45.3 Å². The fourth-order valence-corrected chi connectivity index (χ4v) is 5.14. The summed E-state index contributed by atoms with van der Waals surface area (Å²) in [4.78, 5) is 17.5. The Bertz CT molecular complexity index is 1510. The number of ether oxygens (including phenoxy) is 2. The van der Waals surface area contributed by atoms with Gasteiger partial charge in [-0.05, 0) is 48.9 Å². The number of alkyl halides is 3.